The highest BCUT2D eigenvalue weighted by atomic mass is 16.5. The van der Waals surface area contributed by atoms with Crippen LogP contribution in [-0.2, 0) is 0 Å². The fourth-order valence-electron chi connectivity index (χ4n) is 1.46. The summed E-state index contributed by atoms with van der Waals surface area (Å²) >= 11 is 0. The summed E-state index contributed by atoms with van der Waals surface area (Å²) in [5.41, 5.74) is 1.00. The number of rotatable bonds is 5. The molecule has 0 amide bonds. The normalized spacial score (nSPS) is 15.1. The van der Waals surface area contributed by atoms with Gasteiger partial charge in [0.1, 0.15) is 12.1 Å². The molecule has 1 aliphatic carbocycles. The predicted molar refractivity (Wildman–Crippen MR) is 59.2 cm³/mol. The fraction of sp³-hybridized carbons (Fsp3) is 0.636. The van der Waals surface area contributed by atoms with Crippen LogP contribution in [-0.4, -0.2) is 23.1 Å². The molecule has 4 heteroatoms. The molecule has 1 N–H and O–H groups in total. The van der Waals surface area contributed by atoms with Crippen LogP contribution in [0.15, 0.2) is 6.33 Å². The molecule has 1 aromatic rings. The van der Waals surface area contributed by atoms with Gasteiger partial charge in [0, 0.05) is 6.54 Å². The van der Waals surface area contributed by atoms with E-state index in [2.05, 4.69) is 15.3 Å². The van der Waals surface area contributed by atoms with Gasteiger partial charge in [0.25, 0.3) is 0 Å². The van der Waals surface area contributed by atoms with Crippen LogP contribution in [0.1, 0.15) is 25.3 Å². The van der Waals surface area contributed by atoms with E-state index in [1.54, 1.807) is 6.33 Å². The highest BCUT2D eigenvalue weighted by molar-refractivity contribution is 5.47. The third kappa shape index (κ3) is 2.58. The van der Waals surface area contributed by atoms with Crippen molar-refractivity contribution in [3.05, 3.63) is 11.9 Å². The quantitative estimate of drug-likeness (QED) is 0.802. The monoisotopic (exact) mass is 207 g/mol. The Balaban J connectivity index is 2.04. The zero-order valence-corrected chi connectivity index (χ0v) is 9.29. The van der Waals surface area contributed by atoms with E-state index in [1.807, 2.05) is 13.8 Å². The number of aromatic nitrogens is 2. The first-order valence-corrected chi connectivity index (χ1v) is 5.49. The van der Waals surface area contributed by atoms with Crippen molar-refractivity contribution in [1.29, 1.82) is 0 Å². The summed E-state index contributed by atoms with van der Waals surface area (Å²) in [7, 11) is 0. The maximum Gasteiger partial charge on any atom is 0.221 e. The fourth-order valence-corrected chi connectivity index (χ4v) is 1.46. The van der Waals surface area contributed by atoms with E-state index in [0.717, 1.165) is 23.8 Å². The van der Waals surface area contributed by atoms with Gasteiger partial charge in [0.15, 0.2) is 0 Å². The lowest BCUT2D eigenvalue weighted by Gasteiger charge is -2.10. The predicted octanol–water partition coefficient (Wildman–Crippen LogP) is 2.01. The second-order valence-electron chi connectivity index (χ2n) is 3.91. The number of hydrogen-bond donors (Lipinski definition) is 1. The Labute approximate surface area is 90.1 Å². The Morgan fingerprint density at radius 1 is 1.47 bits per heavy atom. The van der Waals surface area contributed by atoms with Crippen molar-refractivity contribution >= 4 is 5.82 Å². The van der Waals surface area contributed by atoms with Gasteiger partial charge in [-0.2, -0.15) is 0 Å². The number of anilines is 1. The molecule has 0 unspecified atom stereocenters. The van der Waals surface area contributed by atoms with Gasteiger partial charge in [-0.3, -0.25) is 0 Å². The van der Waals surface area contributed by atoms with E-state index in [-0.39, 0.29) is 0 Å². The van der Waals surface area contributed by atoms with E-state index < -0.39 is 0 Å². The second-order valence-corrected chi connectivity index (χ2v) is 3.91. The van der Waals surface area contributed by atoms with Crippen molar-refractivity contribution in [2.75, 3.05) is 18.5 Å². The highest BCUT2D eigenvalue weighted by Crippen LogP contribution is 2.29. The SMILES string of the molecule is CCOc1ncnc(NCC2CC2)c1C. The Kier molecular flexibility index (Phi) is 3.04. The molecule has 82 valence electrons. The largest absolute Gasteiger partial charge is 0.478 e. The highest BCUT2D eigenvalue weighted by Gasteiger charge is 2.21. The average molecular weight is 207 g/mol. The zero-order valence-electron chi connectivity index (χ0n) is 9.29. The maximum atomic E-state index is 5.41. The third-order valence-electron chi connectivity index (χ3n) is 2.57. The zero-order chi connectivity index (χ0) is 10.7. The summed E-state index contributed by atoms with van der Waals surface area (Å²) in [4.78, 5) is 8.32. The molecular formula is C11H17N3O. The van der Waals surface area contributed by atoms with Crippen LogP contribution in [0.3, 0.4) is 0 Å². The minimum Gasteiger partial charge on any atom is -0.478 e. The van der Waals surface area contributed by atoms with Gasteiger partial charge < -0.3 is 10.1 Å². The van der Waals surface area contributed by atoms with Crippen LogP contribution in [0.2, 0.25) is 0 Å². The standard InChI is InChI=1S/C11H17N3O/c1-3-15-11-8(2)10(13-7-14-11)12-6-9-4-5-9/h7,9H,3-6H2,1-2H3,(H,12,13,14). The van der Waals surface area contributed by atoms with Crippen LogP contribution in [0, 0.1) is 12.8 Å². The number of nitrogens with one attached hydrogen (secondary N) is 1. The lowest BCUT2D eigenvalue weighted by atomic mass is 10.3. The average Bonchev–Trinajstić information content (AvgIpc) is 3.03. The molecule has 4 nitrogen and oxygen atoms in total. The molecule has 1 heterocycles. The van der Waals surface area contributed by atoms with Gasteiger partial charge in [0.05, 0.1) is 12.2 Å². The summed E-state index contributed by atoms with van der Waals surface area (Å²) in [5, 5.41) is 3.34. The molecule has 1 saturated carbocycles. The molecule has 15 heavy (non-hydrogen) atoms. The van der Waals surface area contributed by atoms with Crippen molar-refractivity contribution in [2.45, 2.75) is 26.7 Å². The van der Waals surface area contributed by atoms with Crippen molar-refractivity contribution < 1.29 is 4.74 Å². The maximum absolute atomic E-state index is 5.41. The molecule has 0 aliphatic heterocycles. The van der Waals surface area contributed by atoms with Gasteiger partial charge in [-0.05, 0) is 32.6 Å². The van der Waals surface area contributed by atoms with Gasteiger partial charge in [0.2, 0.25) is 5.88 Å². The van der Waals surface area contributed by atoms with Crippen LogP contribution in [0.25, 0.3) is 0 Å². The molecule has 1 aliphatic rings. The van der Waals surface area contributed by atoms with E-state index in [1.165, 1.54) is 12.8 Å². The molecule has 2 rings (SSSR count). The minimum absolute atomic E-state index is 0.639. The molecule has 1 fully saturated rings. The third-order valence-corrected chi connectivity index (χ3v) is 2.57. The van der Waals surface area contributed by atoms with E-state index in [9.17, 15) is 0 Å². The second kappa shape index (κ2) is 4.47. The Bertz CT molecular complexity index is 337. The van der Waals surface area contributed by atoms with Crippen LogP contribution in [0.5, 0.6) is 5.88 Å². The topological polar surface area (TPSA) is 47.0 Å². The van der Waals surface area contributed by atoms with Gasteiger partial charge in [-0.25, -0.2) is 9.97 Å². The molecule has 0 atom stereocenters. The van der Waals surface area contributed by atoms with Crippen molar-refractivity contribution in [1.82, 2.24) is 9.97 Å². The van der Waals surface area contributed by atoms with Crippen LogP contribution >= 0.6 is 0 Å². The smallest absolute Gasteiger partial charge is 0.221 e. The van der Waals surface area contributed by atoms with E-state index in [4.69, 9.17) is 4.74 Å². The lowest BCUT2D eigenvalue weighted by molar-refractivity contribution is 0.324. The molecule has 0 spiro atoms. The summed E-state index contributed by atoms with van der Waals surface area (Å²) in [6.45, 7) is 5.60. The van der Waals surface area contributed by atoms with Crippen molar-refractivity contribution in [2.24, 2.45) is 5.92 Å². The van der Waals surface area contributed by atoms with Gasteiger partial charge >= 0.3 is 0 Å². The first-order valence-electron chi connectivity index (χ1n) is 5.49. The number of nitrogens with zero attached hydrogens (tertiary/aromatic N) is 2. The molecular weight excluding hydrogens is 190 g/mol. The molecule has 0 radical (unpaired) electrons. The lowest BCUT2D eigenvalue weighted by Crippen LogP contribution is -2.08. The molecule has 0 aromatic carbocycles. The number of hydrogen-bond acceptors (Lipinski definition) is 4. The Hall–Kier alpha value is -1.32. The summed E-state index contributed by atoms with van der Waals surface area (Å²) in [5.74, 6) is 2.43. The first-order chi connectivity index (χ1) is 7.31. The molecule has 1 aromatic heterocycles. The van der Waals surface area contributed by atoms with E-state index >= 15 is 0 Å². The minimum atomic E-state index is 0.639. The molecule has 0 saturated heterocycles. The van der Waals surface area contributed by atoms with Crippen LogP contribution in [0.4, 0.5) is 5.82 Å². The van der Waals surface area contributed by atoms with E-state index in [0.29, 0.717) is 12.5 Å². The van der Waals surface area contributed by atoms with Crippen molar-refractivity contribution in [3.8, 4) is 5.88 Å². The number of ether oxygens (including phenoxy) is 1. The van der Waals surface area contributed by atoms with Gasteiger partial charge in [-0.15, -0.1) is 0 Å². The van der Waals surface area contributed by atoms with Gasteiger partial charge in [-0.1, -0.05) is 0 Å². The van der Waals surface area contributed by atoms with Crippen LogP contribution < -0.4 is 10.1 Å². The molecule has 0 bridgehead atoms. The summed E-state index contributed by atoms with van der Waals surface area (Å²) in [6.07, 6.45) is 4.23. The summed E-state index contributed by atoms with van der Waals surface area (Å²) in [6, 6.07) is 0. The summed E-state index contributed by atoms with van der Waals surface area (Å²) < 4.78 is 5.41. The Morgan fingerprint density at radius 3 is 2.93 bits per heavy atom. The Morgan fingerprint density at radius 2 is 2.27 bits per heavy atom. The van der Waals surface area contributed by atoms with Crippen molar-refractivity contribution in [3.63, 3.8) is 0 Å². The first kappa shape index (κ1) is 10.2.